The van der Waals surface area contributed by atoms with E-state index in [1.807, 2.05) is 13.0 Å². The zero-order chi connectivity index (χ0) is 11.4. The number of rotatable bonds is 2. The topological polar surface area (TPSA) is 36.7 Å². The average molecular weight is 232 g/mol. The summed E-state index contributed by atoms with van der Waals surface area (Å²) in [6, 6.07) is 2.19. The predicted octanol–water partition coefficient (Wildman–Crippen LogP) is 4.12. The molecule has 0 bridgehead atoms. The molecule has 1 aliphatic rings. The van der Waals surface area contributed by atoms with Crippen molar-refractivity contribution in [2.24, 2.45) is 0 Å². The van der Waals surface area contributed by atoms with E-state index in [-0.39, 0.29) is 0 Å². The molecule has 0 atom stereocenters. The number of aromatic nitrogens is 1. The first kappa shape index (κ1) is 11.3. The molecule has 0 aliphatic heterocycles. The molecule has 3 heteroatoms. The van der Waals surface area contributed by atoms with E-state index in [1.165, 1.54) is 37.8 Å². The van der Waals surface area contributed by atoms with Gasteiger partial charge in [-0.25, -0.2) is 4.98 Å². The Morgan fingerprint density at radius 1 is 1.50 bits per heavy atom. The number of hydrogen-bond donors (Lipinski definition) is 0. The molecule has 0 N–H and O–H groups in total. The van der Waals surface area contributed by atoms with Gasteiger partial charge >= 0.3 is 0 Å². The van der Waals surface area contributed by atoms with E-state index < -0.39 is 0 Å². The third-order valence-corrected chi connectivity index (χ3v) is 4.08. The monoisotopic (exact) mass is 232 g/mol. The van der Waals surface area contributed by atoms with Gasteiger partial charge in [0.15, 0.2) is 0 Å². The number of nitrogens with zero attached hydrogens (tertiary/aromatic N) is 2. The summed E-state index contributed by atoms with van der Waals surface area (Å²) in [6.45, 7) is 1.89. The molecule has 1 aliphatic carbocycles. The molecule has 0 saturated heterocycles. The van der Waals surface area contributed by atoms with Crippen LogP contribution in [-0.2, 0) is 0 Å². The highest BCUT2D eigenvalue weighted by molar-refractivity contribution is 7.10. The largest absolute Gasteiger partial charge is 0.240 e. The quantitative estimate of drug-likeness (QED) is 0.719. The lowest BCUT2D eigenvalue weighted by molar-refractivity contribution is 0.438. The Kier molecular flexibility index (Phi) is 3.74. The summed E-state index contributed by atoms with van der Waals surface area (Å²) in [5.41, 5.74) is 1.90. The van der Waals surface area contributed by atoms with Crippen LogP contribution in [0.25, 0.3) is 5.57 Å². The third-order valence-electron chi connectivity index (χ3n) is 3.18. The van der Waals surface area contributed by atoms with Crippen LogP contribution in [0.4, 0.5) is 0 Å². The van der Waals surface area contributed by atoms with Crippen LogP contribution >= 0.6 is 11.3 Å². The second-order valence-electron chi connectivity index (χ2n) is 4.23. The van der Waals surface area contributed by atoms with Crippen LogP contribution < -0.4 is 0 Å². The minimum absolute atomic E-state index is 0.635. The number of nitriles is 1. The summed E-state index contributed by atoms with van der Waals surface area (Å²) in [6.07, 6.45) is 8.38. The van der Waals surface area contributed by atoms with Crippen molar-refractivity contribution < 1.29 is 0 Å². The molecule has 0 amide bonds. The molecule has 84 valence electrons. The zero-order valence-electron chi connectivity index (χ0n) is 9.57. The molecule has 0 spiro atoms. The van der Waals surface area contributed by atoms with Gasteiger partial charge in [-0.1, -0.05) is 25.3 Å². The highest BCUT2D eigenvalue weighted by atomic mass is 32.1. The Morgan fingerprint density at radius 3 is 2.88 bits per heavy atom. The normalized spacial score (nSPS) is 18.4. The van der Waals surface area contributed by atoms with Gasteiger partial charge in [0.1, 0.15) is 11.1 Å². The van der Waals surface area contributed by atoms with Gasteiger partial charge in [0.25, 0.3) is 0 Å². The average Bonchev–Trinajstić information content (AvgIpc) is 2.81. The van der Waals surface area contributed by atoms with E-state index in [1.54, 1.807) is 11.3 Å². The Balaban J connectivity index is 2.16. The second kappa shape index (κ2) is 5.27. The van der Waals surface area contributed by atoms with Gasteiger partial charge in [0.05, 0.1) is 11.3 Å². The lowest BCUT2D eigenvalue weighted by Gasteiger charge is -2.19. The fourth-order valence-electron chi connectivity index (χ4n) is 2.23. The smallest absolute Gasteiger partial charge is 0.133 e. The number of allylic oxidation sites excluding steroid dienone is 2. The van der Waals surface area contributed by atoms with Crippen LogP contribution in [0.1, 0.15) is 55.6 Å². The van der Waals surface area contributed by atoms with Gasteiger partial charge in [-0.3, -0.25) is 0 Å². The summed E-state index contributed by atoms with van der Waals surface area (Å²) in [5, 5.41) is 12.0. The molecule has 2 rings (SSSR count). The summed E-state index contributed by atoms with van der Waals surface area (Å²) in [4.78, 5) is 4.60. The van der Waals surface area contributed by atoms with Gasteiger partial charge in [0, 0.05) is 11.3 Å². The van der Waals surface area contributed by atoms with E-state index in [0.29, 0.717) is 11.5 Å². The highest BCUT2D eigenvalue weighted by Gasteiger charge is 2.18. The maximum absolute atomic E-state index is 8.95. The van der Waals surface area contributed by atoms with Crippen LogP contribution in [0.15, 0.2) is 11.5 Å². The van der Waals surface area contributed by atoms with E-state index in [9.17, 15) is 0 Å². The van der Waals surface area contributed by atoms with Gasteiger partial charge in [-0.2, -0.15) is 5.26 Å². The molecule has 1 fully saturated rings. The van der Waals surface area contributed by atoms with E-state index in [4.69, 9.17) is 5.26 Å². The maximum atomic E-state index is 8.95. The molecule has 1 aromatic rings. The van der Waals surface area contributed by atoms with Gasteiger partial charge < -0.3 is 0 Å². The van der Waals surface area contributed by atoms with Crippen LogP contribution in [0.3, 0.4) is 0 Å². The predicted molar refractivity (Wildman–Crippen MR) is 67.2 cm³/mol. The Hall–Kier alpha value is -1.14. The van der Waals surface area contributed by atoms with Crippen molar-refractivity contribution in [3.8, 4) is 6.07 Å². The lowest BCUT2D eigenvalue weighted by atomic mass is 9.87. The molecular formula is C13H16N2S. The van der Waals surface area contributed by atoms with Crippen molar-refractivity contribution >= 4 is 16.9 Å². The van der Waals surface area contributed by atoms with Crippen LogP contribution in [0, 0.1) is 11.3 Å². The Morgan fingerprint density at radius 2 is 2.25 bits per heavy atom. The molecule has 0 aromatic carbocycles. The fourth-order valence-corrected chi connectivity index (χ4v) is 3.16. The third kappa shape index (κ3) is 2.33. The van der Waals surface area contributed by atoms with Gasteiger partial charge in [-0.05, 0) is 19.8 Å². The van der Waals surface area contributed by atoms with Gasteiger partial charge in [-0.15, -0.1) is 11.3 Å². The standard InChI is InChI=1S/C13H16N2S/c1-2-10(8-14)13-15-12(9-16-13)11-6-4-3-5-7-11/h2,9,11H,3-7H2,1H3/b10-2-. The molecule has 16 heavy (non-hydrogen) atoms. The molecule has 1 saturated carbocycles. The van der Waals surface area contributed by atoms with Crippen LogP contribution in [0.2, 0.25) is 0 Å². The number of thiazole rings is 1. The zero-order valence-corrected chi connectivity index (χ0v) is 10.4. The minimum Gasteiger partial charge on any atom is -0.240 e. The van der Waals surface area contributed by atoms with Crippen LogP contribution in [-0.4, -0.2) is 4.98 Å². The van der Waals surface area contributed by atoms with Crippen molar-refractivity contribution in [2.45, 2.75) is 44.9 Å². The van der Waals surface area contributed by atoms with Crippen molar-refractivity contribution in [1.82, 2.24) is 4.98 Å². The summed E-state index contributed by atoms with van der Waals surface area (Å²) in [7, 11) is 0. The molecule has 2 nitrogen and oxygen atoms in total. The molecule has 1 aromatic heterocycles. The first-order valence-electron chi connectivity index (χ1n) is 5.87. The first-order valence-corrected chi connectivity index (χ1v) is 6.75. The van der Waals surface area contributed by atoms with Gasteiger partial charge in [0.2, 0.25) is 0 Å². The molecule has 1 heterocycles. The molecule has 0 radical (unpaired) electrons. The molecular weight excluding hydrogens is 216 g/mol. The fraction of sp³-hybridized carbons (Fsp3) is 0.538. The van der Waals surface area contributed by atoms with E-state index in [2.05, 4.69) is 16.4 Å². The van der Waals surface area contributed by atoms with Crippen molar-refractivity contribution in [3.05, 3.63) is 22.2 Å². The first-order chi connectivity index (χ1) is 7.85. The second-order valence-corrected chi connectivity index (χ2v) is 5.08. The minimum atomic E-state index is 0.635. The maximum Gasteiger partial charge on any atom is 0.133 e. The van der Waals surface area contributed by atoms with Crippen LogP contribution in [0.5, 0.6) is 0 Å². The summed E-state index contributed by atoms with van der Waals surface area (Å²) >= 11 is 1.60. The lowest BCUT2D eigenvalue weighted by Crippen LogP contribution is -2.04. The summed E-state index contributed by atoms with van der Waals surface area (Å²) in [5.74, 6) is 0.635. The van der Waals surface area contributed by atoms with E-state index >= 15 is 0 Å². The van der Waals surface area contributed by atoms with Crippen molar-refractivity contribution in [3.63, 3.8) is 0 Å². The highest BCUT2D eigenvalue weighted by Crippen LogP contribution is 2.34. The van der Waals surface area contributed by atoms with Crippen molar-refractivity contribution in [1.29, 1.82) is 5.26 Å². The Bertz CT molecular complexity index is 419. The van der Waals surface area contributed by atoms with E-state index in [0.717, 1.165) is 5.01 Å². The summed E-state index contributed by atoms with van der Waals surface area (Å²) < 4.78 is 0. The van der Waals surface area contributed by atoms with Crippen molar-refractivity contribution in [2.75, 3.05) is 0 Å². The number of hydrogen-bond acceptors (Lipinski definition) is 3. The SMILES string of the molecule is C/C=C(/C#N)c1nc(C2CCCCC2)cs1. The Labute approximate surface area is 101 Å². The molecule has 0 unspecified atom stereocenters.